The molecule has 2 rings (SSSR count). The number of ketones is 1. The van der Waals surface area contributed by atoms with E-state index in [1.54, 1.807) is 30.9 Å². The van der Waals surface area contributed by atoms with Gasteiger partial charge in [-0.1, -0.05) is 5.21 Å². The molecule has 0 aromatic carbocycles. The molecule has 0 bridgehead atoms. The van der Waals surface area contributed by atoms with E-state index in [4.69, 9.17) is 0 Å². The number of aryl methyl sites for hydroxylation is 3. The van der Waals surface area contributed by atoms with Crippen LogP contribution < -0.4 is 0 Å². The molecule has 6 heteroatoms. The quantitative estimate of drug-likeness (QED) is 0.725. The highest BCUT2D eigenvalue weighted by molar-refractivity contribution is 5.98. The summed E-state index contributed by atoms with van der Waals surface area (Å²) in [4.78, 5) is 12.1. The van der Waals surface area contributed by atoms with Crippen molar-refractivity contribution in [3.8, 4) is 0 Å². The number of aromatic nitrogens is 5. The molecule has 0 aliphatic heterocycles. The Kier molecular flexibility index (Phi) is 2.95. The standard InChI is InChI=1S/C11H13N5O/c1-7-4-10(8(2)13-12-7)11(17)5-9-6-16(3)15-14-9/h4,6H,5H2,1-3H3. The Morgan fingerprint density at radius 1 is 1.29 bits per heavy atom. The van der Waals surface area contributed by atoms with E-state index < -0.39 is 0 Å². The predicted octanol–water partition coefficient (Wildman–Crippen LogP) is 0.647. The smallest absolute Gasteiger partial charge is 0.170 e. The number of carbonyl (C=O) groups excluding carboxylic acids is 1. The van der Waals surface area contributed by atoms with Gasteiger partial charge in [-0.3, -0.25) is 9.48 Å². The molecule has 6 nitrogen and oxygen atoms in total. The maximum atomic E-state index is 12.1. The SMILES string of the molecule is Cc1cc(C(=O)Cc2cn(C)nn2)c(C)nn1. The Balaban J connectivity index is 2.22. The van der Waals surface area contributed by atoms with E-state index in [1.165, 1.54) is 0 Å². The molecule has 17 heavy (non-hydrogen) atoms. The zero-order chi connectivity index (χ0) is 12.4. The van der Waals surface area contributed by atoms with Crippen molar-refractivity contribution < 1.29 is 4.79 Å². The first-order valence-corrected chi connectivity index (χ1v) is 5.25. The zero-order valence-corrected chi connectivity index (χ0v) is 10.0. The van der Waals surface area contributed by atoms with Crippen LogP contribution in [0.2, 0.25) is 0 Å². The molecule has 0 aliphatic rings. The molecule has 0 atom stereocenters. The number of rotatable bonds is 3. The number of nitrogens with zero attached hydrogens (tertiary/aromatic N) is 5. The van der Waals surface area contributed by atoms with E-state index >= 15 is 0 Å². The van der Waals surface area contributed by atoms with Crippen LogP contribution in [0, 0.1) is 13.8 Å². The van der Waals surface area contributed by atoms with Crippen LogP contribution >= 0.6 is 0 Å². The Bertz CT molecular complexity index is 561. The van der Waals surface area contributed by atoms with Crippen LogP contribution in [0.5, 0.6) is 0 Å². The van der Waals surface area contributed by atoms with Crippen LogP contribution in [-0.4, -0.2) is 31.0 Å². The van der Waals surface area contributed by atoms with E-state index in [-0.39, 0.29) is 12.2 Å². The largest absolute Gasteiger partial charge is 0.294 e. The summed E-state index contributed by atoms with van der Waals surface area (Å²) < 4.78 is 1.57. The summed E-state index contributed by atoms with van der Waals surface area (Å²) in [6.07, 6.45) is 1.97. The lowest BCUT2D eigenvalue weighted by Crippen LogP contribution is -2.09. The Labute approximate surface area is 98.7 Å². The number of hydrogen-bond acceptors (Lipinski definition) is 5. The molecule has 0 radical (unpaired) electrons. The molecule has 0 saturated carbocycles. The summed E-state index contributed by atoms with van der Waals surface area (Å²) in [6, 6.07) is 1.75. The summed E-state index contributed by atoms with van der Waals surface area (Å²) in [5, 5.41) is 15.5. The number of carbonyl (C=O) groups is 1. The molecular weight excluding hydrogens is 218 g/mol. The van der Waals surface area contributed by atoms with Crippen LogP contribution in [0.25, 0.3) is 0 Å². The van der Waals surface area contributed by atoms with Crippen molar-refractivity contribution in [2.24, 2.45) is 7.05 Å². The van der Waals surface area contributed by atoms with E-state index in [0.717, 1.165) is 5.69 Å². The van der Waals surface area contributed by atoms with Gasteiger partial charge in [-0.25, -0.2) is 0 Å². The first-order valence-electron chi connectivity index (χ1n) is 5.25. The molecule has 2 aromatic heterocycles. The van der Waals surface area contributed by atoms with Gasteiger partial charge in [-0.15, -0.1) is 5.10 Å². The maximum absolute atomic E-state index is 12.1. The van der Waals surface area contributed by atoms with Gasteiger partial charge >= 0.3 is 0 Å². The van der Waals surface area contributed by atoms with Gasteiger partial charge in [0.15, 0.2) is 5.78 Å². The molecular formula is C11H13N5O. The van der Waals surface area contributed by atoms with Crippen molar-refractivity contribution in [2.45, 2.75) is 20.3 Å². The molecule has 0 saturated heterocycles. The molecule has 88 valence electrons. The molecule has 2 aromatic rings. The third-order valence-corrected chi connectivity index (χ3v) is 2.39. The lowest BCUT2D eigenvalue weighted by molar-refractivity contribution is 0.0990. The van der Waals surface area contributed by atoms with Crippen molar-refractivity contribution >= 4 is 5.78 Å². The second-order valence-electron chi connectivity index (χ2n) is 3.97. The van der Waals surface area contributed by atoms with Gasteiger partial charge in [-0.2, -0.15) is 10.2 Å². The summed E-state index contributed by atoms with van der Waals surface area (Å²) >= 11 is 0. The van der Waals surface area contributed by atoms with Crippen molar-refractivity contribution in [3.05, 3.63) is 34.9 Å². The fourth-order valence-corrected chi connectivity index (χ4v) is 1.57. The molecule has 0 fully saturated rings. The predicted molar refractivity (Wildman–Crippen MR) is 60.5 cm³/mol. The minimum atomic E-state index is -0.0130. The van der Waals surface area contributed by atoms with Crippen LogP contribution in [0.1, 0.15) is 27.4 Å². The van der Waals surface area contributed by atoms with Gasteiger partial charge < -0.3 is 0 Å². The van der Waals surface area contributed by atoms with Crippen molar-refractivity contribution in [3.63, 3.8) is 0 Å². The average Bonchev–Trinajstić information content (AvgIpc) is 2.67. The second kappa shape index (κ2) is 4.40. The maximum Gasteiger partial charge on any atom is 0.170 e. The lowest BCUT2D eigenvalue weighted by atomic mass is 10.1. The van der Waals surface area contributed by atoms with E-state index in [1.807, 2.05) is 6.92 Å². The molecule has 0 spiro atoms. The first-order chi connectivity index (χ1) is 8.06. The lowest BCUT2D eigenvalue weighted by Gasteiger charge is -2.02. The Morgan fingerprint density at radius 3 is 2.71 bits per heavy atom. The average molecular weight is 231 g/mol. The monoisotopic (exact) mass is 231 g/mol. The summed E-state index contributed by atoms with van der Waals surface area (Å²) in [5.74, 6) is -0.0130. The Hall–Kier alpha value is -2.11. The third kappa shape index (κ3) is 2.52. The third-order valence-electron chi connectivity index (χ3n) is 2.39. The fourth-order valence-electron chi connectivity index (χ4n) is 1.57. The molecule has 2 heterocycles. The van der Waals surface area contributed by atoms with Crippen molar-refractivity contribution in [2.75, 3.05) is 0 Å². The summed E-state index contributed by atoms with van der Waals surface area (Å²) in [5.41, 5.74) is 2.64. The molecule has 0 amide bonds. The van der Waals surface area contributed by atoms with Gasteiger partial charge in [0.25, 0.3) is 0 Å². The number of Topliss-reactive ketones (excluding diaryl/α,β-unsaturated/α-hetero) is 1. The van der Waals surface area contributed by atoms with Crippen molar-refractivity contribution in [1.82, 2.24) is 25.2 Å². The minimum Gasteiger partial charge on any atom is -0.294 e. The topological polar surface area (TPSA) is 73.6 Å². The first kappa shape index (κ1) is 11.4. The van der Waals surface area contributed by atoms with Gasteiger partial charge in [0.2, 0.25) is 0 Å². The fraction of sp³-hybridized carbons (Fsp3) is 0.364. The Morgan fingerprint density at radius 2 is 2.06 bits per heavy atom. The molecule has 0 aliphatic carbocycles. The van der Waals surface area contributed by atoms with Gasteiger partial charge in [0, 0.05) is 18.8 Å². The van der Waals surface area contributed by atoms with Crippen LogP contribution in [-0.2, 0) is 13.5 Å². The summed E-state index contributed by atoms with van der Waals surface area (Å²) in [6.45, 7) is 3.59. The highest BCUT2D eigenvalue weighted by Gasteiger charge is 2.13. The second-order valence-corrected chi connectivity index (χ2v) is 3.97. The number of hydrogen-bond donors (Lipinski definition) is 0. The van der Waals surface area contributed by atoms with Crippen LogP contribution in [0.3, 0.4) is 0 Å². The molecule has 0 N–H and O–H groups in total. The van der Waals surface area contributed by atoms with Gasteiger partial charge in [-0.05, 0) is 19.9 Å². The van der Waals surface area contributed by atoms with E-state index in [2.05, 4.69) is 20.5 Å². The zero-order valence-electron chi connectivity index (χ0n) is 10.0. The summed E-state index contributed by atoms with van der Waals surface area (Å²) in [7, 11) is 1.77. The highest BCUT2D eigenvalue weighted by Crippen LogP contribution is 2.09. The highest BCUT2D eigenvalue weighted by atomic mass is 16.1. The van der Waals surface area contributed by atoms with Gasteiger partial charge in [0.05, 0.1) is 23.5 Å². The minimum absolute atomic E-state index is 0.0130. The van der Waals surface area contributed by atoms with Crippen LogP contribution in [0.4, 0.5) is 0 Å². The van der Waals surface area contributed by atoms with Gasteiger partial charge in [0.1, 0.15) is 0 Å². The van der Waals surface area contributed by atoms with E-state index in [9.17, 15) is 4.79 Å². The molecule has 0 unspecified atom stereocenters. The van der Waals surface area contributed by atoms with E-state index in [0.29, 0.717) is 17.0 Å². The van der Waals surface area contributed by atoms with Crippen molar-refractivity contribution in [1.29, 1.82) is 0 Å². The van der Waals surface area contributed by atoms with Crippen LogP contribution in [0.15, 0.2) is 12.3 Å². The normalized spacial score (nSPS) is 10.5.